The number of ether oxygens (including phenoxy) is 1. The predicted molar refractivity (Wildman–Crippen MR) is 62.3 cm³/mol. The maximum absolute atomic E-state index is 9.47. The second-order valence-corrected chi connectivity index (χ2v) is 3.93. The van der Waals surface area contributed by atoms with Crippen molar-refractivity contribution in [2.24, 2.45) is 0 Å². The molecule has 1 heterocycles. The second kappa shape index (κ2) is 4.43. The fraction of sp³-hybridized carbons (Fsp3) is 0.417. The third-order valence-electron chi connectivity index (χ3n) is 2.88. The van der Waals surface area contributed by atoms with Gasteiger partial charge in [-0.05, 0) is 31.0 Å². The summed E-state index contributed by atoms with van der Waals surface area (Å²) in [5.74, 6) is 1.04. The Labute approximate surface area is 95.0 Å². The summed E-state index contributed by atoms with van der Waals surface area (Å²) >= 11 is 0. The highest BCUT2D eigenvalue weighted by molar-refractivity contribution is 5.97. The molecule has 0 aromatic heterocycles. The van der Waals surface area contributed by atoms with Crippen molar-refractivity contribution in [3.8, 4) is 11.5 Å². The van der Waals surface area contributed by atoms with Crippen molar-refractivity contribution < 1.29 is 9.84 Å². The van der Waals surface area contributed by atoms with Crippen LogP contribution in [-0.2, 0) is 0 Å². The molecular weight excluding hydrogens is 204 g/mol. The predicted octanol–water partition coefficient (Wildman–Crippen LogP) is 1.82. The summed E-state index contributed by atoms with van der Waals surface area (Å²) in [6, 6.07) is 5.02. The molecule has 4 nitrogen and oxygen atoms in total. The Morgan fingerprint density at radius 1 is 1.38 bits per heavy atom. The summed E-state index contributed by atoms with van der Waals surface area (Å²) in [6.45, 7) is 1.89. The first kappa shape index (κ1) is 10.8. The molecule has 1 aliphatic heterocycles. The van der Waals surface area contributed by atoms with Crippen molar-refractivity contribution in [2.75, 3.05) is 20.2 Å². The van der Waals surface area contributed by atoms with E-state index in [1.54, 1.807) is 18.2 Å². The van der Waals surface area contributed by atoms with Gasteiger partial charge in [-0.1, -0.05) is 0 Å². The summed E-state index contributed by atoms with van der Waals surface area (Å²) in [5, 5.41) is 17.5. The van der Waals surface area contributed by atoms with Crippen LogP contribution in [0.15, 0.2) is 18.2 Å². The normalized spacial score (nSPS) is 15.2. The van der Waals surface area contributed by atoms with E-state index < -0.39 is 0 Å². The van der Waals surface area contributed by atoms with Crippen molar-refractivity contribution in [3.05, 3.63) is 23.8 Å². The first-order valence-corrected chi connectivity index (χ1v) is 5.43. The zero-order valence-electron chi connectivity index (χ0n) is 9.36. The highest BCUT2D eigenvalue weighted by Gasteiger charge is 2.17. The van der Waals surface area contributed by atoms with Crippen LogP contribution >= 0.6 is 0 Å². The van der Waals surface area contributed by atoms with Crippen LogP contribution < -0.4 is 4.74 Å². The molecule has 1 aromatic carbocycles. The lowest BCUT2D eigenvalue weighted by Crippen LogP contribution is -2.27. The topological polar surface area (TPSA) is 56.5 Å². The number of hydrogen-bond donors (Lipinski definition) is 2. The molecule has 0 saturated carbocycles. The third-order valence-corrected chi connectivity index (χ3v) is 2.88. The van der Waals surface area contributed by atoms with Crippen LogP contribution in [0.25, 0.3) is 0 Å². The van der Waals surface area contributed by atoms with Crippen molar-refractivity contribution >= 4 is 5.84 Å². The van der Waals surface area contributed by atoms with Gasteiger partial charge in [-0.2, -0.15) is 0 Å². The Morgan fingerprint density at radius 2 is 2.06 bits per heavy atom. The van der Waals surface area contributed by atoms with Gasteiger partial charge < -0.3 is 14.7 Å². The first-order chi connectivity index (χ1) is 7.72. The molecule has 2 N–H and O–H groups in total. The monoisotopic (exact) mass is 220 g/mol. The fourth-order valence-electron chi connectivity index (χ4n) is 1.95. The van der Waals surface area contributed by atoms with E-state index in [9.17, 15) is 5.11 Å². The van der Waals surface area contributed by atoms with Gasteiger partial charge >= 0.3 is 0 Å². The number of benzene rings is 1. The van der Waals surface area contributed by atoms with Crippen molar-refractivity contribution in [1.29, 1.82) is 5.41 Å². The number of amidine groups is 1. The van der Waals surface area contributed by atoms with Gasteiger partial charge in [0.05, 0.1) is 7.11 Å². The van der Waals surface area contributed by atoms with Crippen LogP contribution in [0.1, 0.15) is 18.4 Å². The van der Waals surface area contributed by atoms with Crippen LogP contribution in [0.3, 0.4) is 0 Å². The SMILES string of the molecule is COc1cc(C(=N)N2CCCC2)ccc1O. The molecule has 2 rings (SSSR count). The molecule has 16 heavy (non-hydrogen) atoms. The number of aromatic hydroxyl groups is 1. The molecule has 0 amide bonds. The van der Waals surface area contributed by atoms with E-state index in [1.807, 2.05) is 4.90 Å². The number of nitrogens with one attached hydrogen (secondary N) is 1. The quantitative estimate of drug-likeness (QED) is 0.590. The Kier molecular flexibility index (Phi) is 2.99. The summed E-state index contributed by atoms with van der Waals surface area (Å²) in [4.78, 5) is 2.05. The minimum Gasteiger partial charge on any atom is -0.504 e. The lowest BCUT2D eigenvalue weighted by Gasteiger charge is -2.18. The van der Waals surface area contributed by atoms with Gasteiger partial charge in [0, 0.05) is 18.7 Å². The van der Waals surface area contributed by atoms with E-state index in [4.69, 9.17) is 10.1 Å². The summed E-state index contributed by atoms with van der Waals surface area (Å²) < 4.78 is 5.03. The van der Waals surface area contributed by atoms with Crippen LogP contribution in [-0.4, -0.2) is 36.0 Å². The summed E-state index contributed by atoms with van der Waals surface area (Å²) in [6.07, 6.45) is 2.30. The summed E-state index contributed by atoms with van der Waals surface area (Å²) in [5.41, 5.74) is 0.788. The molecule has 1 aliphatic rings. The average Bonchev–Trinajstić information content (AvgIpc) is 2.82. The van der Waals surface area contributed by atoms with Crippen molar-refractivity contribution in [3.63, 3.8) is 0 Å². The third kappa shape index (κ3) is 1.96. The molecule has 0 unspecified atom stereocenters. The van der Waals surface area contributed by atoms with Crippen LogP contribution in [0.2, 0.25) is 0 Å². The molecular formula is C12H16N2O2. The first-order valence-electron chi connectivity index (χ1n) is 5.43. The number of hydrogen-bond acceptors (Lipinski definition) is 3. The Hall–Kier alpha value is -1.71. The van der Waals surface area contributed by atoms with Gasteiger partial charge in [0.15, 0.2) is 11.5 Å². The maximum Gasteiger partial charge on any atom is 0.161 e. The van der Waals surface area contributed by atoms with Crippen molar-refractivity contribution in [1.82, 2.24) is 4.90 Å². The minimum atomic E-state index is 0.112. The van der Waals surface area contributed by atoms with E-state index in [-0.39, 0.29) is 5.75 Å². The van der Waals surface area contributed by atoms with Gasteiger partial charge in [0.1, 0.15) is 5.84 Å². The number of phenols is 1. The largest absolute Gasteiger partial charge is 0.504 e. The zero-order valence-corrected chi connectivity index (χ0v) is 9.36. The van der Waals surface area contributed by atoms with E-state index in [2.05, 4.69) is 0 Å². The van der Waals surface area contributed by atoms with Crippen LogP contribution in [0, 0.1) is 5.41 Å². The van der Waals surface area contributed by atoms with Gasteiger partial charge in [0.25, 0.3) is 0 Å². The molecule has 4 heteroatoms. The molecule has 0 radical (unpaired) electrons. The van der Waals surface area contributed by atoms with Crippen LogP contribution in [0.4, 0.5) is 0 Å². The molecule has 0 aliphatic carbocycles. The van der Waals surface area contributed by atoms with E-state index in [0.29, 0.717) is 11.6 Å². The maximum atomic E-state index is 9.47. The lowest BCUT2D eigenvalue weighted by molar-refractivity contribution is 0.373. The number of phenolic OH excluding ortho intramolecular Hbond substituents is 1. The fourth-order valence-corrected chi connectivity index (χ4v) is 1.95. The second-order valence-electron chi connectivity index (χ2n) is 3.93. The molecule has 0 bridgehead atoms. The van der Waals surface area contributed by atoms with Gasteiger partial charge in [-0.15, -0.1) is 0 Å². The summed E-state index contributed by atoms with van der Waals surface area (Å²) in [7, 11) is 1.51. The average molecular weight is 220 g/mol. The molecule has 86 valence electrons. The van der Waals surface area contributed by atoms with Gasteiger partial charge in [0.2, 0.25) is 0 Å². The van der Waals surface area contributed by atoms with Gasteiger partial charge in [-0.25, -0.2) is 0 Å². The number of methoxy groups -OCH3 is 1. The van der Waals surface area contributed by atoms with E-state index in [0.717, 1.165) is 31.5 Å². The minimum absolute atomic E-state index is 0.112. The van der Waals surface area contributed by atoms with Crippen LogP contribution in [0.5, 0.6) is 11.5 Å². The highest BCUT2D eigenvalue weighted by Crippen LogP contribution is 2.27. The lowest BCUT2D eigenvalue weighted by atomic mass is 10.1. The van der Waals surface area contributed by atoms with E-state index in [1.165, 1.54) is 7.11 Å². The smallest absolute Gasteiger partial charge is 0.161 e. The molecule has 1 aromatic rings. The Bertz CT molecular complexity index is 398. The zero-order chi connectivity index (χ0) is 11.5. The molecule has 1 fully saturated rings. The van der Waals surface area contributed by atoms with E-state index >= 15 is 0 Å². The number of nitrogens with zero attached hydrogens (tertiary/aromatic N) is 1. The number of likely N-dealkylation sites (tertiary alicyclic amines) is 1. The molecule has 0 atom stereocenters. The Morgan fingerprint density at radius 3 is 2.69 bits per heavy atom. The molecule has 1 saturated heterocycles. The highest BCUT2D eigenvalue weighted by atomic mass is 16.5. The molecule has 0 spiro atoms. The van der Waals surface area contributed by atoms with Gasteiger partial charge in [-0.3, -0.25) is 5.41 Å². The standard InChI is InChI=1S/C12H16N2O2/c1-16-11-8-9(4-5-10(11)15)12(13)14-6-2-3-7-14/h4-5,8,13,15H,2-3,6-7H2,1H3. The Balaban J connectivity index is 2.22. The number of rotatable bonds is 2. The van der Waals surface area contributed by atoms with Crippen molar-refractivity contribution in [2.45, 2.75) is 12.8 Å².